The van der Waals surface area contributed by atoms with Crippen LogP contribution in [0, 0.1) is 3.77 Å². The van der Waals surface area contributed by atoms with Gasteiger partial charge in [-0.2, -0.15) is 9.36 Å². The second kappa shape index (κ2) is 7.17. The number of amides is 1. The van der Waals surface area contributed by atoms with Crippen LogP contribution in [0.1, 0.15) is 10.5 Å². The monoisotopic (exact) mass is 498 g/mol. The van der Waals surface area contributed by atoms with Crippen LogP contribution in [0.15, 0.2) is 51.4 Å². The second-order valence-electron chi connectivity index (χ2n) is 5.06. The first-order chi connectivity index (χ1) is 12.6. The van der Waals surface area contributed by atoms with E-state index in [0.29, 0.717) is 27.5 Å². The zero-order valence-electron chi connectivity index (χ0n) is 12.8. The fourth-order valence-corrected chi connectivity index (χ4v) is 3.21. The zero-order valence-corrected chi connectivity index (χ0v) is 16.5. The van der Waals surface area contributed by atoms with E-state index in [1.165, 1.54) is 0 Å². The van der Waals surface area contributed by atoms with Crippen molar-refractivity contribution in [2.45, 2.75) is 0 Å². The number of hydrogen-bond acceptors (Lipinski definition) is 7. The van der Waals surface area contributed by atoms with Crippen molar-refractivity contribution < 1.29 is 13.7 Å². The first-order valence-electron chi connectivity index (χ1n) is 7.22. The predicted molar refractivity (Wildman–Crippen MR) is 105 cm³/mol. The maximum absolute atomic E-state index is 12.3. The summed E-state index contributed by atoms with van der Waals surface area (Å²) in [5, 5.41) is 7.40. The van der Waals surface area contributed by atoms with Crippen molar-refractivity contribution in [3.8, 4) is 22.9 Å². The number of carbonyl (C=O) groups is 1. The summed E-state index contributed by atoms with van der Waals surface area (Å²) in [7, 11) is 0. The third-order valence-electron chi connectivity index (χ3n) is 3.31. The maximum Gasteiger partial charge on any atom is 0.279 e. The molecular formula is C16H8ClIN4O3S. The summed E-state index contributed by atoms with van der Waals surface area (Å²) >= 11 is 8.97. The SMILES string of the molecule is O=C(Nc1nc(-c2ccc(I)o2)ns1)c1cc(-c2ccc(Cl)cc2)on1. The van der Waals surface area contributed by atoms with Crippen LogP contribution >= 0.6 is 45.7 Å². The third-order valence-corrected chi connectivity index (χ3v) is 4.77. The summed E-state index contributed by atoms with van der Waals surface area (Å²) in [6.07, 6.45) is 0. The molecule has 0 radical (unpaired) electrons. The van der Waals surface area contributed by atoms with Crippen LogP contribution in [-0.2, 0) is 0 Å². The van der Waals surface area contributed by atoms with Crippen LogP contribution in [0.5, 0.6) is 0 Å². The van der Waals surface area contributed by atoms with E-state index in [-0.39, 0.29) is 5.69 Å². The molecule has 0 saturated heterocycles. The van der Waals surface area contributed by atoms with E-state index in [0.717, 1.165) is 20.9 Å². The maximum atomic E-state index is 12.3. The molecule has 1 amide bonds. The molecule has 10 heteroatoms. The van der Waals surface area contributed by atoms with Crippen molar-refractivity contribution in [2.75, 3.05) is 5.32 Å². The van der Waals surface area contributed by atoms with Gasteiger partial charge in [0.15, 0.2) is 21.0 Å². The van der Waals surface area contributed by atoms with E-state index in [1.54, 1.807) is 36.4 Å². The summed E-state index contributed by atoms with van der Waals surface area (Å²) < 4.78 is 15.6. The van der Waals surface area contributed by atoms with Crippen molar-refractivity contribution in [2.24, 2.45) is 0 Å². The first-order valence-corrected chi connectivity index (χ1v) is 9.45. The van der Waals surface area contributed by atoms with Crippen LogP contribution in [0.2, 0.25) is 5.02 Å². The van der Waals surface area contributed by atoms with Gasteiger partial charge >= 0.3 is 0 Å². The molecule has 0 unspecified atom stereocenters. The van der Waals surface area contributed by atoms with Crippen LogP contribution in [0.25, 0.3) is 22.9 Å². The molecule has 0 saturated carbocycles. The van der Waals surface area contributed by atoms with Gasteiger partial charge in [-0.15, -0.1) is 0 Å². The molecule has 1 aromatic carbocycles. The van der Waals surface area contributed by atoms with E-state index in [4.69, 9.17) is 20.5 Å². The molecule has 4 aromatic rings. The fourth-order valence-electron chi connectivity index (χ4n) is 2.10. The number of benzene rings is 1. The van der Waals surface area contributed by atoms with Gasteiger partial charge in [0.2, 0.25) is 11.0 Å². The van der Waals surface area contributed by atoms with Gasteiger partial charge in [0.1, 0.15) is 0 Å². The summed E-state index contributed by atoms with van der Waals surface area (Å²) in [4.78, 5) is 16.6. The minimum atomic E-state index is -0.439. The predicted octanol–water partition coefficient (Wildman–Crippen LogP) is 4.96. The summed E-state index contributed by atoms with van der Waals surface area (Å²) in [6.45, 7) is 0. The molecule has 0 atom stereocenters. The molecule has 4 rings (SSSR count). The number of halogens is 2. The standard InChI is InChI=1S/C16H8ClIN4O3S/c17-9-3-1-8(2-4-9)12-7-10(21-25-12)15(23)20-16-19-14(22-26-16)11-5-6-13(18)24-11/h1-7H,(H,19,20,22,23). The summed E-state index contributed by atoms with van der Waals surface area (Å²) in [5.74, 6) is 0.980. The zero-order chi connectivity index (χ0) is 18.1. The number of nitrogens with zero attached hydrogens (tertiary/aromatic N) is 3. The Morgan fingerprint density at radius 2 is 1.96 bits per heavy atom. The van der Waals surface area contributed by atoms with E-state index in [1.807, 2.05) is 6.07 Å². The Hall–Kier alpha value is -2.24. The lowest BCUT2D eigenvalue weighted by Gasteiger charge is -1.95. The number of nitrogens with one attached hydrogen (secondary N) is 1. The number of aromatic nitrogens is 3. The highest BCUT2D eigenvalue weighted by Crippen LogP contribution is 2.25. The van der Waals surface area contributed by atoms with Crippen LogP contribution in [0.4, 0.5) is 5.13 Å². The first kappa shape index (κ1) is 17.2. The molecule has 0 aliphatic rings. The molecular weight excluding hydrogens is 491 g/mol. The molecule has 26 heavy (non-hydrogen) atoms. The summed E-state index contributed by atoms with van der Waals surface area (Å²) in [5.41, 5.74) is 0.908. The molecule has 130 valence electrons. The average molecular weight is 499 g/mol. The molecule has 0 bridgehead atoms. The van der Waals surface area contributed by atoms with E-state index in [2.05, 4.69) is 42.4 Å². The normalized spacial score (nSPS) is 10.8. The number of carbonyl (C=O) groups excluding carboxylic acids is 1. The topological polar surface area (TPSA) is 94.1 Å². The van der Waals surface area contributed by atoms with Crippen molar-refractivity contribution in [3.63, 3.8) is 0 Å². The minimum absolute atomic E-state index is 0.138. The van der Waals surface area contributed by atoms with E-state index < -0.39 is 5.91 Å². The Labute approximate surface area is 169 Å². The van der Waals surface area contributed by atoms with E-state index in [9.17, 15) is 4.79 Å². The highest BCUT2D eigenvalue weighted by atomic mass is 127. The highest BCUT2D eigenvalue weighted by Gasteiger charge is 2.17. The van der Waals surface area contributed by atoms with Crippen molar-refractivity contribution in [3.05, 3.63) is 56.9 Å². The molecule has 7 nitrogen and oxygen atoms in total. The molecule has 3 aromatic heterocycles. The van der Waals surface area contributed by atoms with Crippen molar-refractivity contribution in [1.29, 1.82) is 0 Å². The lowest BCUT2D eigenvalue weighted by Crippen LogP contribution is -2.11. The Balaban J connectivity index is 1.49. The molecule has 0 aliphatic carbocycles. The van der Waals surface area contributed by atoms with Gasteiger partial charge in [0.05, 0.1) is 0 Å². The number of anilines is 1. The Morgan fingerprint density at radius 1 is 1.15 bits per heavy atom. The van der Waals surface area contributed by atoms with Crippen LogP contribution in [0.3, 0.4) is 0 Å². The third kappa shape index (κ3) is 3.64. The van der Waals surface area contributed by atoms with Crippen molar-refractivity contribution in [1.82, 2.24) is 14.5 Å². The highest BCUT2D eigenvalue weighted by molar-refractivity contribution is 14.1. The minimum Gasteiger partial charge on any atom is -0.447 e. The number of rotatable bonds is 4. The van der Waals surface area contributed by atoms with Crippen molar-refractivity contribution >= 4 is 56.8 Å². The van der Waals surface area contributed by atoms with Crippen LogP contribution in [-0.4, -0.2) is 20.4 Å². The Kier molecular flexibility index (Phi) is 4.74. The van der Waals surface area contributed by atoms with Gasteiger partial charge < -0.3 is 8.94 Å². The van der Waals surface area contributed by atoms with Crippen LogP contribution < -0.4 is 5.32 Å². The number of hydrogen-bond donors (Lipinski definition) is 1. The Bertz CT molecular complexity index is 1070. The molecule has 1 N–H and O–H groups in total. The van der Waals surface area contributed by atoms with Gasteiger partial charge in [-0.25, -0.2) is 0 Å². The fraction of sp³-hybridized carbons (Fsp3) is 0. The largest absolute Gasteiger partial charge is 0.447 e. The second-order valence-corrected chi connectivity index (χ2v) is 7.32. The number of furan rings is 1. The van der Waals surface area contributed by atoms with Gasteiger partial charge in [0.25, 0.3) is 5.91 Å². The van der Waals surface area contributed by atoms with Gasteiger partial charge in [0, 0.05) is 28.2 Å². The Morgan fingerprint density at radius 3 is 2.69 bits per heavy atom. The smallest absolute Gasteiger partial charge is 0.279 e. The van der Waals surface area contributed by atoms with Gasteiger partial charge in [-0.3, -0.25) is 10.1 Å². The average Bonchev–Trinajstić information content (AvgIpc) is 3.35. The molecule has 0 aliphatic heterocycles. The van der Waals surface area contributed by atoms with E-state index >= 15 is 0 Å². The quantitative estimate of drug-likeness (QED) is 0.400. The van der Waals surface area contributed by atoms with Gasteiger partial charge in [-0.05, 0) is 59.0 Å². The molecule has 0 fully saturated rings. The lowest BCUT2D eigenvalue weighted by molar-refractivity contribution is 0.101. The molecule has 3 heterocycles. The molecule has 0 spiro atoms. The lowest BCUT2D eigenvalue weighted by atomic mass is 10.1. The summed E-state index contributed by atoms with van der Waals surface area (Å²) in [6, 6.07) is 12.2. The van der Waals surface area contributed by atoms with Gasteiger partial charge in [-0.1, -0.05) is 16.8 Å².